The molecule has 1 heterocycles. The molecule has 3 aromatic rings. The highest BCUT2D eigenvalue weighted by molar-refractivity contribution is 6.31. The first-order chi connectivity index (χ1) is 10.6. The number of halogens is 2. The molecule has 0 fully saturated rings. The Kier molecular flexibility index (Phi) is 4.44. The largest absolute Gasteiger partial charge is 0.350 e. The summed E-state index contributed by atoms with van der Waals surface area (Å²) in [5.74, 6) is 0.269. The second-order valence-electron chi connectivity index (χ2n) is 5.62. The summed E-state index contributed by atoms with van der Waals surface area (Å²) in [5.41, 5.74) is 9.70. The first-order valence-corrected chi connectivity index (χ1v) is 8.03. The Morgan fingerprint density at radius 3 is 2.41 bits per heavy atom. The Labute approximate surface area is 140 Å². The minimum atomic E-state index is 0.269. The summed E-state index contributed by atoms with van der Waals surface area (Å²) in [6.45, 7) is 0.602. The van der Waals surface area contributed by atoms with E-state index in [1.807, 2.05) is 31.3 Å². The number of benzene rings is 2. The van der Waals surface area contributed by atoms with Crippen molar-refractivity contribution >= 4 is 34.1 Å². The molecule has 0 radical (unpaired) electrons. The van der Waals surface area contributed by atoms with Crippen LogP contribution in [0.25, 0.3) is 10.9 Å². The van der Waals surface area contributed by atoms with Crippen molar-refractivity contribution in [3.8, 4) is 0 Å². The average molecular weight is 333 g/mol. The molecule has 1 unspecified atom stereocenters. The van der Waals surface area contributed by atoms with Crippen molar-refractivity contribution in [1.82, 2.24) is 4.57 Å². The van der Waals surface area contributed by atoms with Gasteiger partial charge in [-0.2, -0.15) is 0 Å². The van der Waals surface area contributed by atoms with E-state index in [1.165, 1.54) is 16.5 Å². The molecule has 0 aliphatic heterocycles. The zero-order chi connectivity index (χ0) is 15.7. The fourth-order valence-electron chi connectivity index (χ4n) is 2.94. The number of fused-ring (bicyclic) bond motifs is 1. The molecule has 1 aromatic heterocycles. The summed E-state index contributed by atoms with van der Waals surface area (Å²) in [5, 5.41) is 2.73. The van der Waals surface area contributed by atoms with Gasteiger partial charge in [0.25, 0.3) is 0 Å². The van der Waals surface area contributed by atoms with Crippen LogP contribution in [0.15, 0.2) is 48.7 Å². The van der Waals surface area contributed by atoms with Crippen molar-refractivity contribution in [2.45, 2.75) is 12.3 Å². The number of nitrogens with two attached hydrogens (primary N) is 1. The Balaban J connectivity index is 1.98. The molecule has 114 valence electrons. The lowest BCUT2D eigenvalue weighted by Gasteiger charge is -2.14. The fraction of sp³-hybridized carbons (Fsp3) is 0.222. The van der Waals surface area contributed by atoms with Gasteiger partial charge in [0.05, 0.1) is 0 Å². The molecule has 2 N–H and O–H groups in total. The van der Waals surface area contributed by atoms with Crippen LogP contribution in [0.3, 0.4) is 0 Å². The van der Waals surface area contributed by atoms with Gasteiger partial charge in [-0.15, -0.1) is 0 Å². The van der Waals surface area contributed by atoms with E-state index in [2.05, 4.69) is 29.0 Å². The molecule has 2 aromatic carbocycles. The standard InChI is InChI=1S/C18H18Cl2N2/c1-22-11-17(16-7-6-15(20)9-18(16)22)13(10-21)8-12-2-4-14(19)5-3-12/h2-7,9,11,13H,8,10,21H2,1H3. The zero-order valence-electron chi connectivity index (χ0n) is 12.4. The van der Waals surface area contributed by atoms with Crippen molar-refractivity contribution in [1.29, 1.82) is 0 Å². The Hall–Kier alpha value is -1.48. The van der Waals surface area contributed by atoms with E-state index < -0.39 is 0 Å². The number of aromatic nitrogens is 1. The first kappa shape index (κ1) is 15.4. The van der Waals surface area contributed by atoms with Gasteiger partial charge >= 0.3 is 0 Å². The minimum Gasteiger partial charge on any atom is -0.350 e. The summed E-state index contributed by atoms with van der Waals surface area (Å²) in [6.07, 6.45) is 3.06. The molecular weight excluding hydrogens is 315 g/mol. The molecule has 0 saturated carbocycles. The van der Waals surface area contributed by atoms with Gasteiger partial charge in [-0.1, -0.05) is 41.4 Å². The Bertz CT molecular complexity index is 791. The average Bonchev–Trinajstić information content (AvgIpc) is 2.83. The highest BCUT2D eigenvalue weighted by Gasteiger charge is 2.17. The molecular formula is C18H18Cl2N2. The number of aryl methyl sites for hydroxylation is 1. The van der Waals surface area contributed by atoms with Crippen LogP contribution in [-0.2, 0) is 13.5 Å². The molecule has 0 aliphatic rings. The summed E-state index contributed by atoms with van der Waals surface area (Å²) in [7, 11) is 2.04. The minimum absolute atomic E-state index is 0.269. The summed E-state index contributed by atoms with van der Waals surface area (Å²) in [4.78, 5) is 0. The van der Waals surface area contributed by atoms with E-state index in [0.717, 1.165) is 22.0 Å². The molecule has 2 nitrogen and oxygen atoms in total. The third kappa shape index (κ3) is 3.00. The molecule has 4 heteroatoms. The van der Waals surface area contributed by atoms with Gasteiger partial charge in [0.15, 0.2) is 0 Å². The van der Waals surface area contributed by atoms with Crippen LogP contribution in [0.1, 0.15) is 17.0 Å². The smallest absolute Gasteiger partial charge is 0.0495 e. The van der Waals surface area contributed by atoms with Crippen LogP contribution >= 0.6 is 23.2 Å². The van der Waals surface area contributed by atoms with E-state index in [1.54, 1.807) is 0 Å². The highest BCUT2D eigenvalue weighted by atomic mass is 35.5. The third-order valence-electron chi connectivity index (χ3n) is 4.10. The number of hydrogen-bond acceptors (Lipinski definition) is 1. The van der Waals surface area contributed by atoms with Crippen LogP contribution in [0.2, 0.25) is 10.0 Å². The number of hydrogen-bond donors (Lipinski definition) is 1. The third-order valence-corrected chi connectivity index (χ3v) is 4.59. The molecule has 1 atom stereocenters. The van der Waals surface area contributed by atoms with Gasteiger partial charge in [-0.05, 0) is 48.4 Å². The van der Waals surface area contributed by atoms with Crippen LogP contribution in [-0.4, -0.2) is 11.1 Å². The van der Waals surface area contributed by atoms with Crippen molar-refractivity contribution in [2.75, 3.05) is 6.54 Å². The lowest BCUT2D eigenvalue weighted by molar-refractivity contribution is 0.696. The van der Waals surface area contributed by atoms with Crippen molar-refractivity contribution < 1.29 is 0 Å². The van der Waals surface area contributed by atoms with Crippen LogP contribution in [0.4, 0.5) is 0 Å². The first-order valence-electron chi connectivity index (χ1n) is 7.27. The van der Waals surface area contributed by atoms with Crippen molar-refractivity contribution in [3.05, 3.63) is 69.8 Å². The van der Waals surface area contributed by atoms with Crippen LogP contribution in [0, 0.1) is 0 Å². The Morgan fingerprint density at radius 2 is 1.73 bits per heavy atom. The van der Waals surface area contributed by atoms with Crippen LogP contribution < -0.4 is 5.73 Å². The van der Waals surface area contributed by atoms with Crippen LogP contribution in [0.5, 0.6) is 0 Å². The van der Waals surface area contributed by atoms with Gasteiger partial charge < -0.3 is 10.3 Å². The van der Waals surface area contributed by atoms with E-state index in [9.17, 15) is 0 Å². The van der Waals surface area contributed by atoms with Gasteiger partial charge in [0.2, 0.25) is 0 Å². The number of rotatable bonds is 4. The summed E-state index contributed by atoms with van der Waals surface area (Å²) in [6, 6.07) is 14.0. The maximum absolute atomic E-state index is 6.11. The highest BCUT2D eigenvalue weighted by Crippen LogP contribution is 2.31. The topological polar surface area (TPSA) is 30.9 Å². The molecule has 0 spiro atoms. The second kappa shape index (κ2) is 6.33. The van der Waals surface area contributed by atoms with E-state index in [4.69, 9.17) is 28.9 Å². The summed E-state index contributed by atoms with van der Waals surface area (Å²) < 4.78 is 2.11. The lowest BCUT2D eigenvalue weighted by Crippen LogP contribution is -2.14. The molecule has 0 saturated heterocycles. The second-order valence-corrected chi connectivity index (χ2v) is 6.49. The predicted octanol–water partition coefficient (Wildman–Crippen LogP) is 4.77. The molecule has 0 bridgehead atoms. The summed E-state index contributed by atoms with van der Waals surface area (Å²) >= 11 is 12.1. The van der Waals surface area contributed by atoms with E-state index in [0.29, 0.717) is 6.54 Å². The van der Waals surface area contributed by atoms with Gasteiger partial charge in [-0.25, -0.2) is 0 Å². The van der Waals surface area contributed by atoms with Crippen molar-refractivity contribution in [3.63, 3.8) is 0 Å². The zero-order valence-corrected chi connectivity index (χ0v) is 13.9. The lowest BCUT2D eigenvalue weighted by atomic mass is 9.92. The SMILES string of the molecule is Cn1cc(C(CN)Cc2ccc(Cl)cc2)c2ccc(Cl)cc21. The predicted molar refractivity (Wildman–Crippen MR) is 94.9 cm³/mol. The number of nitrogens with zero attached hydrogens (tertiary/aromatic N) is 1. The normalized spacial score (nSPS) is 12.7. The maximum Gasteiger partial charge on any atom is 0.0495 e. The van der Waals surface area contributed by atoms with Gasteiger partial charge in [0, 0.05) is 40.1 Å². The fourth-order valence-corrected chi connectivity index (χ4v) is 3.23. The van der Waals surface area contributed by atoms with Gasteiger partial charge in [-0.3, -0.25) is 0 Å². The maximum atomic E-state index is 6.11. The van der Waals surface area contributed by atoms with Crippen molar-refractivity contribution in [2.24, 2.45) is 12.8 Å². The molecule has 0 amide bonds. The molecule has 0 aliphatic carbocycles. The van der Waals surface area contributed by atoms with E-state index in [-0.39, 0.29) is 5.92 Å². The molecule has 3 rings (SSSR count). The molecule has 22 heavy (non-hydrogen) atoms. The quantitative estimate of drug-likeness (QED) is 0.732. The monoisotopic (exact) mass is 332 g/mol. The Morgan fingerprint density at radius 1 is 1.05 bits per heavy atom. The van der Waals surface area contributed by atoms with E-state index >= 15 is 0 Å². The van der Waals surface area contributed by atoms with Gasteiger partial charge in [0.1, 0.15) is 0 Å².